The molecule has 3 rings (SSSR count). The highest BCUT2D eigenvalue weighted by Gasteiger charge is 2.50. The maximum absolute atomic E-state index is 12.2. The molecule has 1 saturated carbocycles. The lowest BCUT2D eigenvalue weighted by molar-refractivity contribution is -0.117. The van der Waals surface area contributed by atoms with Crippen LogP contribution >= 0.6 is 0 Å². The maximum atomic E-state index is 12.2. The molecule has 0 aromatic rings. The summed E-state index contributed by atoms with van der Waals surface area (Å²) in [5.41, 5.74) is 6.70. The normalized spacial score (nSPS) is 26.1. The Hall–Kier alpha value is -1.76. The molecule has 2 N–H and O–H groups in total. The summed E-state index contributed by atoms with van der Waals surface area (Å²) in [6.07, 6.45) is 5.95. The molecule has 1 aliphatic heterocycles. The Balaban J connectivity index is 2.19. The van der Waals surface area contributed by atoms with Gasteiger partial charge in [0, 0.05) is 23.8 Å². The van der Waals surface area contributed by atoms with E-state index in [2.05, 4.69) is 6.07 Å². The highest BCUT2D eigenvalue weighted by molar-refractivity contribution is 5.99. The fourth-order valence-electron chi connectivity index (χ4n) is 3.64. The molecule has 0 atom stereocenters. The van der Waals surface area contributed by atoms with Gasteiger partial charge in [0.05, 0.1) is 0 Å². The summed E-state index contributed by atoms with van der Waals surface area (Å²) in [5, 5.41) is 9.36. The van der Waals surface area contributed by atoms with E-state index in [1.54, 1.807) is 0 Å². The van der Waals surface area contributed by atoms with Crippen molar-refractivity contribution in [3.8, 4) is 6.07 Å². The Morgan fingerprint density at radius 1 is 1.22 bits per heavy atom. The predicted octanol–water partition coefficient (Wildman–Crippen LogP) is 2.28. The highest BCUT2D eigenvalue weighted by Crippen LogP contribution is 2.55. The molecular formula is C14H16N2O2. The van der Waals surface area contributed by atoms with E-state index in [4.69, 9.17) is 10.5 Å². The molecule has 94 valence electrons. The number of nitrogens with zero attached hydrogens (tertiary/aromatic N) is 1. The smallest absolute Gasteiger partial charge is 0.205 e. The van der Waals surface area contributed by atoms with Crippen molar-refractivity contribution in [1.82, 2.24) is 0 Å². The van der Waals surface area contributed by atoms with Gasteiger partial charge in [-0.1, -0.05) is 12.8 Å². The minimum absolute atomic E-state index is 0.151. The number of nitriles is 1. The second-order valence-corrected chi connectivity index (χ2v) is 5.32. The average Bonchev–Trinajstić information content (AvgIpc) is 2.79. The van der Waals surface area contributed by atoms with Crippen LogP contribution in [-0.4, -0.2) is 5.78 Å². The van der Waals surface area contributed by atoms with Gasteiger partial charge < -0.3 is 10.5 Å². The summed E-state index contributed by atoms with van der Waals surface area (Å²) in [6, 6.07) is 2.18. The summed E-state index contributed by atoms with van der Waals surface area (Å²) in [7, 11) is 0. The first-order valence-electron chi connectivity index (χ1n) is 6.54. The third-order valence-electron chi connectivity index (χ3n) is 4.37. The quantitative estimate of drug-likeness (QED) is 0.709. The lowest BCUT2D eigenvalue weighted by Gasteiger charge is -2.38. The number of nitrogens with two attached hydrogens (primary N) is 1. The Morgan fingerprint density at radius 3 is 2.61 bits per heavy atom. The van der Waals surface area contributed by atoms with Crippen LogP contribution in [0.2, 0.25) is 0 Å². The lowest BCUT2D eigenvalue weighted by Crippen LogP contribution is -2.36. The number of Topliss-reactive ketones (excluding diaryl/α,β-unsaturated/α-hetero) is 1. The largest absolute Gasteiger partial charge is 0.444 e. The monoisotopic (exact) mass is 244 g/mol. The first kappa shape index (κ1) is 11.3. The van der Waals surface area contributed by atoms with Crippen LogP contribution < -0.4 is 5.73 Å². The molecule has 0 aromatic carbocycles. The summed E-state index contributed by atoms with van der Waals surface area (Å²) in [4.78, 5) is 12.2. The van der Waals surface area contributed by atoms with Crippen LogP contribution in [0.25, 0.3) is 0 Å². The fraction of sp³-hybridized carbons (Fsp3) is 0.571. The Labute approximate surface area is 106 Å². The van der Waals surface area contributed by atoms with Crippen molar-refractivity contribution < 1.29 is 9.53 Å². The van der Waals surface area contributed by atoms with Crippen LogP contribution in [0.4, 0.5) is 0 Å². The van der Waals surface area contributed by atoms with E-state index in [0.29, 0.717) is 12.0 Å². The second-order valence-electron chi connectivity index (χ2n) is 5.32. The Kier molecular flexibility index (Phi) is 2.44. The van der Waals surface area contributed by atoms with Crippen LogP contribution in [0.1, 0.15) is 44.9 Å². The van der Waals surface area contributed by atoms with E-state index < -0.39 is 5.41 Å². The number of allylic oxidation sites excluding steroid dienone is 3. The number of hydrogen-bond donors (Lipinski definition) is 1. The minimum Gasteiger partial charge on any atom is -0.444 e. The Morgan fingerprint density at radius 2 is 1.94 bits per heavy atom. The van der Waals surface area contributed by atoms with E-state index in [0.717, 1.165) is 49.9 Å². The zero-order valence-electron chi connectivity index (χ0n) is 10.3. The molecule has 0 unspecified atom stereocenters. The van der Waals surface area contributed by atoms with Crippen molar-refractivity contribution in [2.45, 2.75) is 44.9 Å². The Bertz CT molecular complexity index is 516. The van der Waals surface area contributed by atoms with Crippen LogP contribution in [0.5, 0.6) is 0 Å². The van der Waals surface area contributed by atoms with Crippen LogP contribution in [0.3, 0.4) is 0 Å². The van der Waals surface area contributed by atoms with E-state index in [1.807, 2.05) is 0 Å². The summed E-state index contributed by atoms with van der Waals surface area (Å²) >= 11 is 0. The van der Waals surface area contributed by atoms with Crippen molar-refractivity contribution in [3.05, 3.63) is 22.8 Å². The molecule has 2 aliphatic carbocycles. The van der Waals surface area contributed by atoms with Gasteiger partial charge in [-0.2, -0.15) is 5.26 Å². The van der Waals surface area contributed by atoms with Crippen molar-refractivity contribution in [1.29, 1.82) is 5.26 Å². The highest BCUT2D eigenvalue weighted by atomic mass is 16.5. The maximum Gasteiger partial charge on any atom is 0.205 e. The standard InChI is InChI=1S/C14H16N2O2/c15-8-9-13(16)18-11-5-3-4-10(17)12(11)14(9)6-1-2-7-14/h1-7,16H2. The molecule has 0 bridgehead atoms. The van der Waals surface area contributed by atoms with Gasteiger partial charge in [-0.25, -0.2) is 0 Å². The van der Waals surface area contributed by atoms with Gasteiger partial charge >= 0.3 is 0 Å². The van der Waals surface area contributed by atoms with E-state index in [9.17, 15) is 10.1 Å². The molecule has 4 nitrogen and oxygen atoms in total. The van der Waals surface area contributed by atoms with Crippen molar-refractivity contribution in [3.63, 3.8) is 0 Å². The van der Waals surface area contributed by atoms with Crippen molar-refractivity contribution in [2.24, 2.45) is 11.1 Å². The van der Waals surface area contributed by atoms with E-state index in [1.165, 1.54) is 0 Å². The number of ketones is 1. The summed E-state index contributed by atoms with van der Waals surface area (Å²) in [6.45, 7) is 0. The van der Waals surface area contributed by atoms with Crippen LogP contribution in [-0.2, 0) is 9.53 Å². The number of carbonyl (C=O) groups is 1. The molecule has 4 heteroatoms. The molecule has 0 radical (unpaired) electrons. The van der Waals surface area contributed by atoms with Gasteiger partial charge in [0.15, 0.2) is 5.78 Å². The van der Waals surface area contributed by atoms with Crippen molar-refractivity contribution in [2.75, 3.05) is 0 Å². The number of ether oxygens (including phenoxy) is 1. The van der Waals surface area contributed by atoms with Gasteiger partial charge in [-0.15, -0.1) is 0 Å². The molecule has 3 aliphatic rings. The van der Waals surface area contributed by atoms with Crippen molar-refractivity contribution >= 4 is 5.78 Å². The lowest BCUT2D eigenvalue weighted by atomic mass is 9.67. The van der Waals surface area contributed by atoms with Gasteiger partial charge in [-0.3, -0.25) is 4.79 Å². The van der Waals surface area contributed by atoms with Gasteiger partial charge in [0.25, 0.3) is 0 Å². The molecule has 18 heavy (non-hydrogen) atoms. The molecule has 0 aromatic heterocycles. The number of carbonyl (C=O) groups excluding carboxylic acids is 1. The van der Waals surface area contributed by atoms with Gasteiger partial charge in [0.1, 0.15) is 17.4 Å². The number of fused-ring (bicyclic) bond motifs is 1. The number of rotatable bonds is 0. The van der Waals surface area contributed by atoms with E-state index >= 15 is 0 Å². The van der Waals surface area contributed by atoms with E-state index in [-0.39, 0.29) is 11.7 Å². The zero-order valence-corrected chi connectivity index (χ0v) is 10.3. The average molecular weight is 244 g/mol. The van der Waals surface area contributed by atoms with Gasteiger partial charge in [0.2, 0.25) is 5.88 Å². The first-order chi connectivity index (χ1) is 8.69. The van der Waals surface area contributed by atoms with Gasteiger partial charge in [-0.05, 0) is 19.3 Å². The molecule has 1 heterocycles. The fourth-order valence-corrected chi connectivity index (χ4v) is 3.64. The SMILES string of the molecule is N#CC1=C(N)OC2=C(C(=O)CCC2)C12CCCC2. The molecule has 0 amide bonds. The summed E-state index contributed by atoms with van der Waals surface area (Å²) in [5.74, 6) is 1.09. The minimum atomic E-state index is -0.427. The molecular weight excluding hydrogens is 228 g/mol. The molecule has 0 saturated heterocycles. The second kappa shape index (κ2) is 3.88. The third kappa shape index (κ3) is 1.34. The topological polar surface area (TPSA) is 76.1 Å². The van der Waals surface area contributed by atoms with Crippen LogP contribution in [0.15, 0.2) is 22.8 Å². The number of hydrogen-bond acceptors (Lipinski definition) is 4. The van der Waals surface area contributed by atoms with Crippen LogP contribution in [0, 0.1) is 16.7 Å². The summed E-state index contributed by atoms with van der Waals surface area (Å²) < 4.78 is 5.54. The molecule has 1 fully saturated rings. The third-order valence-corrected chi connectivity index (χ3v) is 4.37. The molecule has 1 spiro atoms. The first-order valence-corrected chi connectivity index (χ1v) is 6.54. The zero-order chi connectivity index (χ0) is 12.8. The predicted molar refractivity (Wildman–Crippen MR) is 64.7 cm³/mol.